The number of aromatic nitrogens is 1. The van der Waals surface area contributed by atoms with E-state index in [1.807, 2.05) is 24.6 Å². The maximum atomic E-state index is 4.51. The Morgan fingerprint density at radius 2 is 2.13 bits per heavy atom. The quantitative estimate of drug-likeness (QED) is 0.856. The summed E-state index contributed by atoms with van der Waals surface area (Å²) in [7, 11) is 1.99. The van der Waals surface area contributed by atoms with Crippen LogP contribution in [0.4, 0.5) is 5.13 Å². The van der Waals surface area contributed by atoms with Gasteiger partial charge in [-0.3, -0.25) is 0 Å². The van der Waals surface area contributed by atoms with Crippen LogP contribution < -0.4 is 10.2 Å². The van der Waals surface area contributed by atoms with Gasteiger partial charge in [-0.2, -0.15) is 0 Å². The number of nitrogens with one attached hydrogen (secondary N) is 1. The zero-order valence-corrected chi connectivity index (χ0v) is 10.3. The van der Waals surface area contributed by atoms with Crippen molar-refractivity contribution in [1.29, 1.82) is 0 Å². The summed E-state index contributed by atoms with van der Waals surface area (Å²) in [5.74, 6) is 0. The molecule has 1 fully saturated rings. The number of piperidine rings is 1. The topological polar surface area (TPSA) is 28.2 Å². The lowest BCUT2D eigenvalue weighted by Gasteiger charge is -2.25. The Hall–Kier alpha value is -0.610. The molecule has 0 aliphatic carbocycles. The summed E-state index contributed by atoms with van der Waals surface area (Å²) >= 11 is 1.82. The second-order valence-corrected chi connectivity index (χ2v) is 5.14. The molecule has 1 aromatic heterocycles. The van der Waals surface area contributed by atoms with Crippen molar-refractivity contribution in [2.24, 2.45) is 0 Å². The van der Waals surface area contributed by atoms with Crippen LogP contribution in [-0.2, 0) is 0 Å². The molecule has 2 heterocycles. The molecule has 1 N–H and O–H groups in total. The van der Waals surface area contributed by atoms with Gasteiger partial charge in [0.1, 0.15) is 0 Å². The average Bonchev–Trinajstić information content (AvgIpc) is 2.78. The fourth-order valence-electron chi connectivity index (χ4n) is 1.85. The van der Waals surface area contributed by atoms with Gasteiger partial charge >= 0.3 is 0 Å². The molecule has 0 amide bonds. The predicted molar refractivity (Wildman–Crippen MR) is 65.7 cm³/mol. The molecule has 0 radical (unpaired) electrons. The molecule has 15 heavy (non-hydrogen) atoms. The van der Waals surface area contributed by atoms with Crippen LogP contribution in [0.3, 0.4) is 0 Å². The van der Waals surface area contributed by atoms with E-state index in [0.717, 1.165) is 0 Å². The number of hydrogen-bond acceptors (Lipinski definition) is 4. The zero-order valence-electron chi connectivity index (χ0n) is 9.49. The normalized spacial score (nSPS) is 19.2. The molecule has 0 bridgehead atoms. The van der Waals surface area contributed by atoms with E-state index < -0.39 is 0 Å². The highest BCUT2D eigenvalue weighted by Crippen LogP contribution is 2.28. The molecule has 3 nitrogen and oxygen atoms in total. The fourth-order valence-corrected chi connectivity index (χ4v) is 2.88. The van der Waals surface area contributed by atoms with E-state index in [2.05, 4.69) is 22.1 Å². The lowest BCUT2D eigenvalue weighted by molar-refractivity contribution is 0.577. The van der Waals surface area contributed by atoms with Crippen molar-refractivity contribution in [3.05, 3.63) is 11.1 Å². The van der Waals surface area contributed by atoms with Crippen LogP contribution in [0, 0.1) is 0 Å². The minimum atomic E-state index is 0.418. The highest BCUT2D eigenvalue weighted by Gasteiger charge is 2.15. The second-order valence-electron chi connectivity index (χ2n) is 4.10. The smallest absolute Gasteiger partial charge is 0.185 e. The van der Waals surface area contributed by atoms with E-state index in [1.165, 1.54) is 42.4 Å². The maximum absolute atomic E-state index is 4.51. The van der Waals surface area contributed by atoms with Crippen LogP contribution in [0.25, 0.3) is 0 Å². The van der Waals surface area contributed by atoms with Crippen molar-refractivity contribution >= 4 is 16.5 Å². The summed E-state index contributed by atoms with van der Waals surface area (Å²) in [5.41, 5.74) is 0. The Labute approximate surface area is 95.5 Å². The van der Waals surface area contributed by atoms with Gasteiger partial charge in [-0.05, 0) is 33.2 Å². The fraction of sp³-hybridized carbons (Fsp3) is 0.727. The number of rotatable bonds is 3. The van der Waals surface area contributed by atoms with Gasteiger partial charge in [0.25, 0.3) is 0 Å². The number of nitrogens with zero attached hydrogens (tertiary/aromatic N) is 2. The van der Waals surface area contributed by atoms with Gasteiger partial charge in [-0.25, -0.2) is 4.98 Å². The molecule has 0 saturated carbocycles. The van der Waals surface area contributed by atoms with E-state index in [0.29, 0.717) is 6.04 Å². The summed E-state index contributed by atoms with van der Waals surface area (Å²) in [6.45, 7) is 4.54. The average molecular weight is 225 g/mol. The van der Waals surface area contributed by atoms with Crippen LogP contribution >= 0.6 is 11.3 Å². The largest absolute Gasteiger partial charge is 0.348 e. The molecule has 1 atom stereocenters. The third-order valence-corrected chi connectivity index (χ3v) is 4.24. The maximum Gasteiger partial charge on any atom is 0.185 e. The first kappa shape index (κ1) is 10.9. The standard InChI is InChI=1S/C11H19N3S/c1-9(12-2)10-8-13-11(15-10)14-6-4-3-5-7-14/h8-9,12H,3-7H2,1-2H3. The van der Waals surface area contributed by atoms with Gasteiger partial charge in [-0.1, -0.05) is 0 Å². The Balaban J connectivity index is 2.05. The summed E-state index contributed by atoms with van der Waals surface area (Å²) in [6.07, 6.45) is 6.02. The van der Waals surface area contributed by atoms with Gasteiger partial charge in [-0.15, -0.1) is 11.3 Å². The summed E-state index contributed by atoms with van der Waals surface area (Å²) in [5, 5.41) is 4.45. The molecule has 1 aliphatic heterocycles. The second kappa shape index (κ2) is 4.94. The first-order valence-electron chi connectivity index (χ1n) is 5.69. The number of thiazole rings is 1. The molecule has 0 aromatic carbocycles. The molecule has 1 unspecified atom stereocenters. The summed E-state index contributed by atoms with van der Waals surface area (Å²) < 4.78 is 0. The first-order valence-corrected chi connectivity index (χ1v) is 6.51. The first-order chi connectivity index (χ1) is 7.31. The minimum Gasteiger partial charge on any atom is -0.348 e. The van der Waals surface area contributed by atoms with Crippen molar-refractivity contribution in [3.8, 4) is 0 Å². The molecule has 4 heteroatoms. The van der Waals surface area contributed by atoms with E-state index in [9.17, 15) is 0 Å². The number of hydrogen-bond donors (Lipinski definition) is 1. The third kappa shape index (κ3) is 2.49. The Morgan fingerprint density at radius 1 is 1.40 bits per heavy atom. The molecule has 1 saturated heterocycles. The Bertz CT molecular complexity index is 305. The van der Waals surface area contributed by atoms with E-state index >= 15 is 0 Å². The lowest BCUT2D eigenvalue weighted by atomic mass is 10.1. The molecule has 0 spiro atoms. The molecular weight excluding hydrogens is 206 g/mol. The Kier molecular flexibility index (Phi) is 3.59. The molecule has 1 aromatic rings. The van der Waals surface area contributed by atoms with E-state index in [-0.39, 0.29) is 0 Å². The van der Waals surface area contributed by atoms with E-state index in [1.54, 1.807) is 0 Å². The third-order valence-electron chi connectivity index (χ3n) is 3.00. The van der Waals surface area contributed by atoms with Crippen molar-refractivity contribution < 1.29 is 0 Å². The SMILES string of the molecule is CNC(C)c1cnc(N2CCCCC2)s1. The zero-order chi connectivity index (χ0) is 10.7. The van der Waals surface area contributed by atoms with Gasteiger partial charge in [0, 0.05) is 30.2 Å². The van der Waals surface area contributed by atoms with Crippen molar-refractivity contribution in [3.63, 3.8) is 0 Å². The highest BCUT2D eigenvalue weighted by atomic mass is 32.1. The van der Waals surface area contributed by atoms with Crippen molar-refractivity contribution in [2.75, 3.05) is 25.0 Å². The van der Waals surface area contributed by atoms with Gasteiger partial charge in [0.2, 0.25) is 0 Å². The summed E-state index contributed by atoms with van der Waals surface area (Å²) in [6, 6.07) is 0.418. The van der Waals surface area contributed by atoms with Crippen molar-refractivity contribution in [1.82, 2.24) is 10.3 Å². The monoisotopic (exact) mass is 225 g/mol. The predicted octanol–water partition coefficient (Wildman–Crippen LogP) is 2.41. The molecule has 84 valence electrons. The van der Waals surface area contributed by atoms with Gasteiger partial charge in [0.05, 0.1) is 0 Å². The highest BCUT2D eigenvalue weighted by molar-refractivity contribution is 7.15. The van der Waals surface area contributed by atoms with Gasteiger partial charge < -0.3 is 10.2 Å². The van der Waals surface area contributed by atoms with Crippen LogP contribution in [-0.4, -0.2) is 25.1 Å². The van der Waals surface area contributed by atoms with Crippen LogP contribution in [0.15, 0.2) is 6.20 Å². The van der Waals surface area contributed by atoms with Crippen LogP contribution in [0.5, 0.6) is 0 Å². The number of anilines is 1. The molecule has 2 rings (SSSR count). The molecule has 1 aliphatic rings. The van der Waals surface area contributed by atoms with Crippen molar-refractivity contribution in [2.45, 2.75) is 32.2 Å². The van der Waals surface area contributed by atoms with Gasteiger partial charge in [0.15, 0.2) is 5.13 Å². The molecular formula is C11H19N3S. The summed E-state index contributed by atoms with van der Waals surface area (Å²) in [4.78, 5) is 8.26. The van der Waals surface area contributed by atoms with Crippen LogP contribution in [0.1, 0.15) is 37.1 Å². The minimum absolute atomic E-state index is 0.418. The lowest BCUT2D eigenvalue weighted by Crippen LogP contribution is -2.29. The Morgan fingerprint density at radius 3 is 2.80 bits per heavy atom. The van der Waals surface area contributed by atoms with Crippen LogP contribution in [0.2, 0.25) is 0 Å². The van der Waals surface area contributed by atoms with E-state index in [4.69, 9.17) is 0 Å².